The average Bonchev–Trinajstić information content (AvgIpc) is 3.39. The lowest BCUT2D eigenvalue weighted by atomic mass is 10.0. The van der Waals surface area contributed by atoms with Crippen LogP contribution in [0.1, 0.15) is 72.1 Å². The molecule has 4 amide bonds. The number of halogens is 1. The Morgan fingerprint density at radius 1 is 1.14 bits per heavy atom. The number of carbonyl (C=O) groups excluding carboxylic acids is 4. The summed E-state index contributed by atoms with van der Waals surface area (Å²) in [6, 6.07) is 4.43. The lowest BCUT2D eigenvalue weighted by molar-refractivity contribution is -0.141. The molecule has 2 fully saturated rings. The second kappa shape index (κ2) is 13.4. The smallest absolute Gasteiger partial charge is 0.408 e. The SMILES string of the molecule is CN(c1cccc(Cl)c1)S(=O)(=O)NC(=O)[C@@]12C[C@@H]1/C=C\CCCCC[C@H](NC(=O)OC(C)(C)C)C(=O)N1CCC[C@H]1C(=O)N2. The molecule has 1 aromatic carbocycles. The third-order valence-electron chi connectivity index (χ3n) is 8.08. The molecule has 2 heterocycles. The number of benzene rings is 1. The van der Waals surface area contributed by atoms with Gasteiger partial charge in [-0.2, -0.15) is 8.42 Å². The van der Waals surface area contributed by atoms with Crippen LogP contribution < -0.4 is 19.7 Å². The summed E-state index contributed by atoms with van der Waals surface area (Å²) in [5.74, 6) is -2.22. The average molecular weight is 652 g/mol. The van der Waals surface area contributed by atoms with E-state index in [1.54, 1.807) is 39.0 Å². The molecule has 0 radical (unpaired) electrons. The van der Waals surface area contributed by atoms with Crippen molar-refractivity contribution in [2.45, 2.75) is 95.4 Å². The van der Waals surface area contributed by atoms with Gasteiger partial charge >= 0.3 is 16.3 Å². The topological polar surface area (TPSA) is 154 Å². The second-order valence-corrected chi connectivity index (χ2v) is 14.7. The van der Waals surface area contributed by atoms with Gasteiger partial charge in [0.05, 0.1) is 5.69 Å². The number of alkyl carbamates (subject to hydrolysis) is 1. The van der Waals surface area contributed by atoms with Crippen molar-refractivity contribution >= 4 is 51.3 Å². The van der Waals surface area contributed by atoms with E-state index in [0.717, 1.165) is 17.1 Å². The largest absolute Gasteiger partial charge is 0.444 e. The molecule has 1 saturated carbocycles. The number of carbonyl (C=O) groups is 4. The first kappa shape index (κ1) is 33.6. The molecule has 0 bridgehead atoms. The zero-order chi connectivity index (χ0) is 32.3. The number of fused-ring (bicyclic) bond motifs is 2. The Morgan fingerprint density at radius 2 is 1.89 bits per heavy atom. The van der Waals surface area contributed by atoms with E-state index in [9.17, 15) is 27.6 Å². The van der Waals surface area contributed by atoms with Crippen LogP contribution in [-0.4, -0.2) is 73.9 Å². The van der Waals surface area contributed by atoms with Crippen molar-refractivity contribution in [1.82, 2.24) is 20.3 Å². The van der Waals surface area contributed by atoms with E-state index in [2.05, 4.69) is 15.4 Å². The summed E-state index contributed by atoms with van der Waals surface area (Å²) < 4.78 is 34.8. The molecule has 1 saturated heterocycles. The van der Waals surface area contributed by atoms with Gasteiger partial charge in [0.25, 0.3) is 5.91 Å². The predicted octanol–water partition coefficient (Wildman–Crippen LogP) is 3.42. The first-order chi connectivity index (χ1) is 20.6. The van der Waals surface area contributed by atoms with Crippen LogP contribution in [0.4, 0.5) is 10.5 Å². The van der Waals surface area contributed by atoms with Crippen LogP contribution in [0.3, 0.4) is 0 Å². The third kappa shape index (κ3) is 8.03. The number of nitrogens with zero attached hydrogens (tertiary/aromatic N) is 2. The van der Waals surface area contributed by atoms with E-state index in [1.807, 2.05) is 12.2 Å². The summed E-state index contributed by atoms with van der Waals surface area (Å²) >= 11 is 6.03. The fourth-order valence-electron chi connectivity index (χ4n) is 5.63. The van der Waals surface area contributed by atoms with Crippen molar-refractivity contribution in [3.8, 4) is 0 Å². The van der Waals surface area contributed by atoms with E-state index >= 15 is 0 Å². The van der Waals surface area contributed by atoms with Gasteiger partial charge in [-0.3, -0.25) is 18.7 Å². The van der Waals surface area contributed by atoms with Crippen LogP contribution in [0.15, 0.2) is 36.4 Å². The minimum Gasteiger partial charge on any atom is -0.444 e. The van der Waals surface area contributed by atoms with Gasteiger partial charge in [0.15, 0.2) is 0 Å². The molecule has 4 atom stereocenters. The maximum atomic E-state index is 13.7. The molecule has 0 spiro atoms. The highest BCUT2D eigenvalue weighted by Crippen LogP contribution is 2.45. The van der Waals surface area contributed by atoms with Crippen LogP contribution in [0.5, 0.6) is 0 Å². The first-order valence-corrected chi connectivity index (χ1v) is 16.8. The van der Waals surface area contributed by atoms with E-state index < -0.39 is 63.2 Å². The minimum absolute atomic E-state index is 0.209. The minimum atomic E-state index is -4.35. The number of anilines is 1. The zero-order valence-corrected chi connectivity index (χ0v) is 27.2. The zero-order valence-electron chi connectivity index (χ0n) is 25.6. The molecule has 242 valence electrons. The summed E-state index contributed by atoms with van der Waals surface area (Å²) in [5, 5.41) is 5.84. The maximum Gasteiger partial charge on any atom is 0.408 e. The Hall–Kier alpha value is -3.32. The molecule has 1 aromatic rings. The summed E-state index contributed by atoms with van der Waals surface area (Å²) in [6.07, 6.45) is 7.58. The molecule has 0 unspecified atom stereocenters. The van der Waals surface area contributed by atoms with Gasteiger partial charge in [-0.05, 0) is 77.5 Å². The van der Waals surface area contributed by atoms with Crippen molar-refractivity contribution in [2.75, 3.05) is 17.9 Å². The second-order valence-electron chi connectivity index (χ2n) is 12.6. The van der Waals surface area contributed by atoms with Crippen LogP contribution in [0.2, 0.25) is 5.02 Å². The van der Waals surface area contributed by atoms with Crippen molar-refractivity contribution < 1.29 is 32.3 Å². The molecule has 4 rings (SSSR count). The molecule has 44 heavy (non-hydrogen) atoms. The summed E-state index contributed by atoms with van der Waals surface area (Å²) in [6.45, 7) is 5.51. The van der Waals surface area contributed by atoms with Gasteiger partial charge in [-0.25, -0.2) is 9.52 Å². The summed E-state index contributed by atoms with van der Waals surface area (Å²) in [5.41, 5.74) is -1.99. The van der Waals surface area contributed by atoms with Crippen LogP contribution in [0, 0.1) is 5.92 Å². The number of hydrogen-bond donors (Lipinski definition) is 3. The highest BCUT2D eigenvalue weighted by molar-refractivity contribution is 7.91. The summed E-state index contributed by atoms with van der Waals surface area (Å²) in [7, 11) is -3.05. The molecule has 3 aliphatic rings. The maximum absolute atomic E-state index is 13.7. The standard InChI is InChI=1S/C30H42ClN5O7S/c1-29(2,3)43-28(40)32-23-15-9-7-5-6-8-12-20-19-30(20,33-25(37)24-16-11-17-36(24)26(23)38)27(39)34-44(41,42)35(4)22-14-10-13-21(31)18-22/h8,10,12-14,18,20,23-24H,5-7,9,11,15-17,19H2,1-4H3,(H,32,40)(H,33,37)(H,34,39)/b12-8-/t20-,23-,24-,30+/m0/s1. The highest BCUT2D eigenvalue weighted by Gasteiger charge is 2.61. The Bertz CT molecular complexity index is 1410. The molecule has 2 aliphatic heterocycles. The van der Waals surface area contributed by atoms with Crippen molar-refractivity contribution in [2.24, 2.45) is 5.92 Å². The number of hydrogen-bond acceptors (Lipinski definition) is 7. The van der Waals surface area contributed by atoms with E-state index in [-0.39, 0.29) is 12.1 Å². The van der Waals surface area contributed by atoms with Crippen LogP contribution in [0.25, 0.3) is 0 Å². The van der Waals surface area contributed by atoms with Gasteiger partial charge in [0.2, 0.25) is 11.8 Å². The Balaban J connectivity index is 1.55. The Kier molecular flexibility index (Phi) is 10.2. The molecular weight excluding hydrogens is 610 g/mol. The van der Waals surface area contributed by atoms with Crippen LogP contribution in [-0.2, 0) is 29.3 Å². The predicted molar refractivity (Wildman–Crippen MR) is 166 cm³/mol. The molecule has 14 heteroatoms. The number of nitrogens with one attached hydrogen (secondary N) is 3. The van der Waals surface area contributed by atoms with E-state index in [0.29, 0.717) is 43.7 Å². The van der Waals surface area contributed by atoms with Crippen molar-refractivity contribution in [3.05, 3.63) is 41.4 Å². The molecule has 0 aromatic heterocycles. The fraction of sp³-hybridized carbons (Fsp3) is 0.600. The van der Waals surface area contributed by atoms with Gasteiger partial charge in [0.1, 0.15) is 23.2 Å². The number of ether oxygens (including phenoxy) is 1. The van der Waals surface area contributed by atoms with Crippen LogP contribution >= 0.6 is 11.6 Å². The first-order valence-electron chi connectivity index (χ1n) is 15.0. The number of amides is 4. The Morgan fingerprint density at radius 3 is 2.59 bits per heavy atom. The van der Waals surface area contributed by atoms with Gasteiger partial charge in [0, 0.05) is 24.5 Å². The van der Waals surface area contributed by atoms with Crippen molar-refractivity contribution in [1.29, 1.82) is 0 Å². The number of rotatable bonds is 5. The number of allylic oxidation sites excluding steroid dienone is 1. The molecule has 1 aliphatic carbocycles. The Labute approximate surface area is 264 Å². The highest BCUT2D eigenvalue weighted by atomic mass is 35.5. The van der Waals surface area contributed by atoms with Crippen molar-refractivity contribution in [3.63, 3.8) is 0 Å². The molecule has 12 nitrogen and oxygen atoms in total. The lowest BCUT2D eigenvalue weighted by Gasteiger charge is -2.30. The van der Waals surface area contributed by atoms with E-state index in [4.69, 9.17) is 16.3 Å². The fourth-order valence-corrected chi connectivity index (χ4v) is 6.76. The van der Waals surface area contributed by atoms with Gasteiger partial charge in [-0.15, -0.1) is 0 Å². The lowest BCUT2D eigenvalue weighted by Crippen LogP contribution is -2.59. The third-order valence-corrected chi connectivity index (χ3v) is 9.69. The monoisotopic (exact) mass is 651 g/mol. The summed E-state index contributed by atoms with van der Waals surface area (Å²) in [4.78, 5) is 55.1. The quantitative estimate of drug-likeness (QED) is 0.412. The van der Waals surface area contributed by atoms with E-state index in [1.165, 1.54) is 18.0 Å². The van der Waals surface area contributed by atoms with Gasteiger partial charge in [-0.1, -0.05) is 42.7 Å². The molecular formula is C30H42ClN5O7S. The van der Waals surface area contributed by atoms with Gasteiger partial charge < -0.3 is 20.3 Å². The molecule has 3 N–H and O–H groups in total. The normalized spacial score (nSPS) is 27.0.